The fourth-order valence-electron chi connectivity index (χ4n) is 3.88. The minimum atomic E-state index is -3.93. The highest BCUT2D eigenvalue weighted by atomic mass is 32.2. The van der Waals surface area contributed by atoms with Crippen LogP contribution in [-0.2, 0) is 14.6 Å². The molecule has 0 bridgehead atoms. The van der Waals surface area contributed by atoms with Gasteiger partial charge in [-0.3, -0.25) is 4.79 Å². The standard InChI is InChI=1S/C24H28F3NO5S2/c1-15(23(29)30)13-33-20-11-22-19(10-21(20)34-3)28(18-6-4-5-17(25)9-18)12-16(14-35(22,31)32)7-8-24(2,26)27/h4-6,9-11,15-16H,7-8,12-14H2,1-3H3,(H,29,30)/t15-,16+/m1/s1. The van der Waals surface area contributed by atoms with Gasteiger partial charge in [0.25, 0.3) is 0 Å². The average Bonchev–Trinajstić information content (AvgIpc) is 2.88. The van der Waals surface area contributed by atoms with E-state index in [1.54, 1.807) is 23.3 Å². The van der Waals surface area contributed by atoms with Crippen molar-refractivity contribution < 1.29 is 36.2 Å². The largest absolute Gasteiger partial charge is 0.491 e. The van der Waals surface area contributed by atoms with Crippen LogP contribution in [0.5, 0.6) is 5.75 Å². The van der Waals surface area contributed by atoms with E-state index in [0.29, 0.717) is 16.3 Å². The Morgan fingerprint density at radius 3 is 2.63 bits per heavy atom. The van der Waals surface area contributed by atoms with Gasteiger partial charge in [-0.15, -0.1) is 11.8 Å². The van der Waals surface area contributed by atoms with Gasteiger partial charge in [0.05, 0.1) is 27.1 Å². The third kappa shape index (κ3) is 6.84. The van der Waals surface area contributed by atoms with E-state index < -0.39 is 45.8 Å². The van der Waals surface area contributed by atoms with Gasteiger partial charge in [0.15, 0.2) is 9.84 Å². The summed E-state index contributed by atoms with van der Waals surface area (Å²) in [5, 5.41) is 9.15. The number of carboxylic acid groups (broad SMARTS) is 1. The predicted molar refractivity (Wildman–Crippen MR) is 129 cm³/mol. The molecule has 0 saturated carbocycles. The van der Waals surface area contributed by atoms with Crippen LogP contribution in [0.1, 0.15) is 26.7 Å². The Labute approximate surface area is 207 Å². The Hall–Kier alpha value is -2.40. The molecule has 0 aromatic heterocycles. The van der Waals surface area contributed by atoms with Crippen LogP contribution >= 0.6 is 11.8 Å². The maximum atomic E-state index is 14.1. The van der Waals surface area contributed by atoms with Gasteiger partial charge in [0, 0.05) is 24.7 Å². The molecule has 0 spiro atoms. The van der Waals surface area contributed by atoms with Crippen molar-refractivity contribution in [1.29, 1.82) is 0 Å². The summed E-state index contributed by atoms with van der Waals surface area (Å²) in [4.78, 5) is 13.3. The first kappa shape index (κ1) is 27.2. The normalized spacial score (nSPS) is 18.5. The van der Waals surface area contributed by atoms with Crippen LogP contribution in [0.2, 0.25) is 0 Å². The number of nitrogens with zero attached hydrogens (tertiary/aromatic N) is 1. The minimum absolute atomic E-state index is 0.0304. The number of fused-ring (bicyclic) bond motifs is 1. The molecule has 11 heteroatoms. The van der Waals surface area contributed by atoms with Crippen LogP contribution in [0.15, 0.2) is 46.2 Å². The van der Waals surface area contributed by atoms with Gasteiger partial charge < -0.3 is 14.7 Å². The summed E-state index contributed by atoms with van der Waals surface area (Å²) in [7, 11) is -3.93. The van der Waals surface area contributed by atoms with Gasteiger partial charge in [0.2, 0.25) is 5.92 Å². The lowest BCUT2D eigenvalue weighted by molar-refractivity contribution is -0.142. The third-order valence-corrected chi connectivity index (χ3v) is 8.46. The zero-order valence-electron chi connectivity index (χ0n) is 19.6. The molecule has 0 radical (unpaired) electrons. The second-order valence-electron chi connectivity index (χ2n) is 8.87. The maximum Gasteiger partial charge on any atom is 0.309 e. The Morgan fingerprint density at radius 1 is 1.31 bits per heavy atom. The summed E-state index contributed by atoms with van der Waals surface area (Å²) in [6, 6.07) is 8.63. The van der Waals surface area contributed by atoms with Crippen molar-refractivity contribution in [3.8, 4) is 5.75 Å². The van der Waals surface area contributed by atoms with Crippen molar-refractivity contribution in [2.75, 3.05) is 30.1 Å². The van der Waals surface area contributed by atoms with Crippen LogP contribution in [0.25, 0.3) is 0 Å². The van der Waals surface area contributed by atoms with E-state index in [4.69, 9.17) is 9.84 Å². The fourth-order valence-corrected chi connectivity index (χ4v) is 6.27. The van der Waals surface area contributed by atoms with E-state index in [1.165, 1.54) is 43.0 Å². The van der Waals surface area contributed by atoms with Gasteiger partial charge in [-0.25, -0.2) is 21.6 Å². The molecule has 1 N–H and O–H groups in total. The summed E-state index contributed by atoms with van der Waals surface area (Å²) in [5.41, 5.74) is 0.696. The molecule has 1 aliphatic heterocycles. The highest BCUT2D eigenvalue weighted by Gasteiger charge is 2.35. The maximum absolute atomic E-state index is 14.1. The quantitative estimate of drug-likeness (QED) is 0.420. The zero-order chi connectivity index (χ0) is 26.0. The summed E-state index contributed by atoms with van der Waals surface area (Å²) in [6.45, 7) is 2.21. The van der Waals surface area contributed by atoms with Crippen molar-refractivity contribution in [2.24, 2.45) is 11.8 Å². The van der Waals surface area contributed by atoms with Gasteiger partial charge in [-0.1, -0.05) is 6.07 Å². The third-order valence-electron chi connectivity index (χ3n) is 5.79. The zero-order valence-corrected chi connectivity index (χ0v) is 21.3. The van der Waals surface area contributed by atoms with Gasteiger partial charge >= 0.3 is 5.97 Å². The first-order valence-corrected chi connectivity index (χ1v) is 13.9. The SMILES string of the molecule is CSc1cc2c(cc1OC[C@@H](C)C(=O)O)S(=O)(=O)C[C@@H](CCC(C)(F)F)CN2c1cccc(F)c1. The predicted octanol–water partition coefficient (Wildman–Crippen LogP) is 5.62. The highest BCUT2D eigenvalue weighted by molar-refractivity contribution is 7.98. The van der Waals surface area contributed by atoms with Crippen molar-refractivity contribution in [1.82, 2.24) is 0 Å². The highest BCUT2D eigenvalue weighted by Crippen LogP contribution is 2.43. The van der Waals surface area contributed by atoms with Gasteiger partial charge in [-0.05, 0) is 56.7 Å². The average molecular weight is 532 g/mol. The Bertz CT molecular complexity index is 1180. The monoisotopic (exact) mass is 531 g/mol. The number of thioether (sulfide) groups is 1. The Morgan fingerprint density at radius 2 is 2.03 bits per heavy atom. The molecule has 1 heterocycles. The van der Waals surface area contributed by atoms with E-state index in [0.717, 1.165) is 6.92 Å². The van der Waals surface area contributed by atoms with Crippen molar-refractivity contribution >= 4 is 38.9 Å². The summed E-state index contributed by atoms with van der Waals surface area (Å²) < 4.78 is 73.8. The van der Waals surface area contributed by atoms with E-state index >= 15 is 0 Å². The van der Waals surface area contributed by atoms with Gasteiger partial charge in [-0.2, -0.15) is 0 Å². The second kappa shape index (κ2) is 10.7. The lowest BCUT2D eigenvalue weighted by atomic mass is 10.0. The molecule has 0 fully saturated rings. The summed E-state index contributed by atoms with van der Waals surface area (Å²) >= 11 is 1.28. The Balaban J connectivity index is 2.12. The molecule has 2 atom stereocenters. The number of aliphatic carboxylic acids is 1. The molecule has 2 aromatic carbocycles. The molecule has 1 aliphatic rings. The number of halogens is 3. The number of sulfone groups is 1. The summed E-state index contributed by atoms with van der Waals surface area (Å²) in [6.07, 6.45) is 1.26. The molecule has 3 rings (SSSR count). The Kier molecular flexibility index (Phi) is 8.31. The number of benzene rings is 2. The molecule has 0 unspecified atom stereocenters. The van der Waals surface area contributed by atoms with Crippen molar-refractivity contribution in [3.05, 3.63) is 42.2 Å². The minimum Gasteiger partial charge on any atom is -0.491 e. The molecule has 192 valence electrons. The number of alkyl halides is 2. The van der Waals surface area contributed by atoms with E-state index in [2.05, 4.69) is 0 Å². The molecule has 0 amide bonds. The first-order chi connectivity index (χ1) is 16.3. The fraction of sp³-hybridized carbons (Fsp3) is 0.458. The number of hydrogen-bond acceptors (Lipinski definition) is 6. The van der Waals surface area contributed by atoms with Crippen molar-refractivity contribution in [3.63, 3.8) is 0 Å². The van der Waals surface area contributed by atoms with Crippen LogP contribution < -0.4 is 9.64 Å². The number of hydrogen-bond donors (Lipinski definition) is 1. The molecule has 0 saturated heterocycles. The van der Waals surface area contributed by atoms with Crippen LogP contribution in [0.3, 0.4) is 0 Å². The van der Waals surface area contributed by atoms with Crippen LogP contribution in [0.4, 0.5) is 24.5 Å². The number of carboxylic acids is 1. The molecule has 2 aromatic rings. The lowest BCUT2D eigenvalue weighted by Gasteiger charge is -2.28. The molecule has 35 heavy (non-hydrogen) atoms. The van der Waals surface area contributed by atoms with E-state index in [1.807, 2.05) is 0 Å². The second-order valence-corrected chi connectivity index (χ2v) is 11.7. The molecule has 6 nitrogen and oxygen atoms in total. The summed E-state index contributed by atoms with van der Waals surface area (Å²) in [5.74, 6) is -6.09. The number of anilines is 2. The van der Waals surface area contributed by atoms with E-state index in [9.17, 15) is 26.4 Å². The number of carbonyl (C=O) groups is 1. The topological polar surface area (TPSA) is 83.9 Å². The van der Waals surface area contributed by atoms with Gasteiger partial charge in [0.1, 0.15) is 18.2 Å². The molecular weight excluding hydrogens is 503 g/mol. The first-order valence-electron chi connectivity index (χ1n) is 11.0. The van der Waals surface area contributed by atoms with Crippen LogP contribution in [0, 0.1) is 17.7 Å². The van der Waals surface area contributed by atoms with Crippen molar-refractivity contribution in [2.45, 2.75) is 42.4 Å². The molecule has 0 aliphatic carbocycles. The van der Waals surface area contributed by atoms with Crippen LogP contribution in [-0.4, -0.2) is 50.6 Å². The number of rotatable bonds is 9. The lowest BCUT2D eigenvalue weighted by Crippen LogP contribution is -2.27. The molecular formula is C24H28F3NO5S2. The smallest absolute Gasteiger partial charge is 0.309 e. The van der Waals surface area contributed by atoms with E-state index in [-0.39, 0.29) is 36.0 Å². The number of ether oxygens (including phenoxy) is 1.